The molecule has 0 radical (unpaired) electrons. The zero-order valence-corrected chi connectivity index (χ0v) is 13.2. The van der Waals surface area contributed by atoms with Crippen molar-refractivity contribution in [2.75, 3.05) is 0 Å². The molecule has 2 aromatic carbocycles. The van der Waals surface area contributed by atoms with E-state index in [1.807, 2.05) is 6.07 Å². The quantitative estimate of drug-likeness (QED) is 0.791. The Morgan fingerprint density at radius 2 is 1.92 bits per heavy atom. The molecule has 1 aromatic heterocycles. The second kappa shape index (κ2) is 6.12. The van der Waals surface area contributed by atoms with Crippen molar-refractivity contribution in [3.05, 3.63) is 83.9 Å². The molecule has 4 nitrogen and oxygen atoms in total. The third kappa shape index (κ3) is 3.15. The SMILES string of the molecule is O=C(N[C@H]1C[C@@H]1c1cccc(F)c1)c1cncn1-c1ccc(F)cc1. The van der Waals surface area contributed by atoms with Gasteiger partial charge in [-0.1, -0.05) is 12.1 Å². The third-order valence-electron chi connectivity index (χ3n) is 4.36. The van der Waals surface area contributed by atoms with Gasteiger partial charge in [-0.3, -0.25) is 9.36 Å². The highest BCUT2D eigenvalue weighted by atomic mass is 19.1. The summed E-state index contributed by atoms with van der Waals surface area (Å²) in [5.74, 6) is -0.748. The van der Waals surface area contributed by atoms with Crippen molar-refractivity contribution in [2.24, 2.45) is 0 Å². The van der Waals surface area contributed by atoms with E-state index in [9.17, 15) is 13.6 Å². The molecule has 25 heavy (non-hydrogen) atoms. The summed E-state index contributed by atoms with van der Waals surface area (Å²) < 4.78 is 28.0. The molecule has 1 heterocycles. The second-order valence-corrected chi connectivity index (χ2v) is 6.10. The second-order valence-electron chi connectivity index (χ2n) is 6.10. The van der Waals surface area contributed by atoms with Crippen LogP contribution in [0.25, 0.3) is 5.69 Å². The smallest absolute Gasteiger partial charge is 0.270 e. The number of nitrogens with zero attached hydrogens (tertiary/aromatic N) is 2. The Bertz CT molecular complexity index is 920. The van der Waals surface area contributed by atoms with Crippen molar-refractivity contribution in [1.29, 1.82) is 0 Å². The Morgan fingerprint density at radius 1 is 1.12 bits per heavy atom. The van der Waals surface area contributed by atoms with Crippen LogP contribution in [0.1, 0.15) is 28.4 Å². The van der Waals surface area contributed by atoms with Gasteiger partial charge in [-0.05, 0) is 48.4 Å². The van der Waals surface area contributed by atoms with Crippen molar-refractivity contribution >= 4 is 5.91 Å². The molecule has 1 aliphatic rings. The Kier molecular flexibility index (Phi) is 3.80. The van der Waals surface area contributed by atoms with E-state index in [1.165, 1.54) is 36.8 Å². The molecule has 1 N–H and O–H groups in total. The number of amides is 1. The van der Waals surface area contributed by atoms with Crippen molar-refractivity contribution in [3.8, 4) is 5.69 Å². The van der Waals surface area contributed by atoms with Crippen molar-refractivity contribution in [1.82, 2.24) is 14.9 Å². The summed E-state index contributed by atoms with van der Waals surface area (Å²) in [5, 5.41) is 2.95. The topological polar surface area (TPSA) is 46.9 Å². The number of nitrogens with one attached hydrogen (secondary N) is 1. The molecule has 1 saturated carbocycles. The molecule has 1 amide bonds. The van der Waals surface area contributed by atoms with Crippen LogP contribution >= 0.6 is 0 Å². The number of rotatable bonds is 4. The molecule has 0 saturated heterocycles. The average Bonchev–Trinajstić information content (AvgIpc) is 3.18. The average molecular weight is 339 g/mol. The van der Waals surface area contributed by atoms with Crippen LogP contribution in [0.3, 0.4) is 0 Å². The summed E-state index contributed by atoms with van der Waals surface area (Å²) in [4.78, 5) is 16.6. The molecular weight excluding hydrogens is 324 g/mol. The van der Waals surface area contributed by atoms with Gasteiger partial charge in [0.05, 0.1) is 12.5 Å². The van der Waals surface area contributed by atoms with Crippen LogP contribution in [0.4, 0.5) is 8.78 Å². The van der Waals surface area contributed by atoms with Crippen molar-refractivity contribution in [3.63, 3.8) is 0 Å². The summed E-state index contributed by atoms with van der Waals surface area (Å²) in [5.41, 5.74) is 1.91. The lowest BCUT2D eigenvalue weighted by Gasteiger charge is -2.09. The molecule has 1 fully saturated rings. The number of benzene rings is 2. The summed E-state index contributed by atoms with van der Waals surface area (Å²) >= 11 is 0. The maximum Gasteiger partial charge on any atom is 0.270 e. The number of aromatic nitrogens is 2. The molecule has 0 spiro atoms. The largest absolute Gasteiger partial charge is 0.347 e. The lowest BCUT2D eigenvalue weighted by atomic mass is 10.1. The zero-order valence-electron chi connectivity index (χ0n) is 13.2. The first kappa shape index (κ1) is 15.5. The predicted molar refractivity (Wildman–Crippen MR) is 88.5 cm³/mol. The number of hydrogen-bond donors (Lipinski definition) is 1. The van der Waals surface area contributed by atoms with Crippen LogP contribution in [-0.2, 0) is 0 Å². The van der Waals surface area contributed by atoms with E-state index in [1.54, 1.807) is 22.8 Å². The molecule has 3 aromatic rings. The van der Waals surface area contributed by atoms with Gasteiger partial charge in [-0.15, -0.1) is 0 Å². The predicted octanol–water partition coefficient (Wildman–Crippen LogP) is 3.44. The van der Waals surface area contributed by atoms with Gasteiger partial charge in [0.2, 0.25) is 0 Å². The van der Waals surface area contributed by atoms with E-state index < -0.39 is 0 Å². The molecule has 2 atom stereocenters. The van der Waals surface area contributed by atoms with Gasteiger partial charge >= 0.3 is 0 Å². The van der Waals surface area contributed by atoms with Gasteiger partial charge in [0, 0.05) is 17.6 Å². The number of carbonyl (C=O) groups excluding carboxylic acids is 1. The lowest BCUT2D eigenvalue weighted by molar-refractivity contribution is 0.0943. The van der Waals surface area contributed by atoms with Gasteiger partial charge in [0.25, 0.3) is 5.91 Å². The highest BCUT2D eigenvalue weighted by molar-refractivity contribution is 5.93. The monoisotopic (exact) mass is 339 g/mol. The Morgan fingerprint density at radius 3 is 2.68 bits per heavy atom. The molecule has 0 bridgehead atoms. The van der Waals surface area contributed by atoms with Crippen LogP contribution in [-0.4, -0.2) is 21.5 Å². The maximum absolute atomic E-state index is 13.3. The Hall–Kier alpha value is -3.02. The maximum atomic E-state index is 13.3. The Labute approximate surface area is 143 Å². The minimum Gasteiger partial charge on any atom is -0.347 e. The van der Waals surface area contributed by atoms with Crippen LogP contribution in [0.15, 0.2) is 61.1 Å². The highest BCUT2D eigenvalue weighted by Gasteiger charge is 2.40. The van der Waals surface area contributed by atoms with E-state index in [4.69, 9.17) is 0 Å². The van der Waals surface area contributed by atoms with Gasteiger partial charge in [0.1, 0.15) is 17.3 Å². The van der Waals surface area contributed by atoms with Gasteiger partial charge in [-0.2, -0.15) is 0 Å². The number of carbonyl (C=O) groups is 1. The molecule has 6 heteroatoms. The number of imidazole rings is 1. The first-order valence-electron chi connectivity index (χ1n) is 7.96. The molecule has 4 rings (SSSR count). The fourth-order valence-electron chi connectivity index (χ4n) is 2.97. The molecule has 0 aliphatic heterocycles. The normalized spacial score (nSPS) is 18.8. The van der Waals surface area contributed by atoms with E-state index in [0.717, 1.165) is 12.0 Å². The number of halogens is 2. The van der Waals surface area contributed by atoms with E-state index in [0.29, 0.717) is 11.4 Å². The highest BCUT2D eigenvalue weighted by Crippen LogP contribution is 2.41. The van der Waals surface area contributed by atoms with Crippen molar-refractivity contribution in [2.45, 2.75) is 18.4 Å². The first-order chi connectivity index (χ1) is 12.1. The minimum absolute atomic E-state index is 0.0223. The standard InChI is InChI=1S/C19H15F2N3O/c20-13-4-6-15(7-5-13)24-11-22-10-18(24)19(25)23-17-9-16(17)12-2-1-3-14(21)8-12/h1-8,10-11,16-17H,9H2,(H,23,25)/t16-,17+/m1/s1. The summed E-state index contributed by atoms with van der Waals surface area (Å²) in [6, 6.07) is 12.2. The van der Waals surface area contributed by atoms with E-state index >= 15 is 0 Å². The molecule has 0 unspecified atom stereocenters. The fraction of sp³-hybridized carbons (Fsp3) is 0.158. The van der Waals surface area contributed by atoms with Gasteiger partial charge in [-0.25, -0.2) is 13.8 Å². The lowest BCUT2D eigenvalue weighted by Crippen LogP contribution is -2.28. The zero-order chi connectivity index (χ0) is 17.4. The first-order valence-corrected chi connectivity index (χ1v) is 7.96. The van der Waals surface area contributed by atoms with Gasteiger partial charge in [0.15, 0.2) is 0 Å². The fourth-order valence-corrected chi connectivity index (χ4v) is 2.97. The minimum atomic E-state index is -0.342. The third-order valence-corrected chi connectivity index (χ3v) is 4.36. The molecule has 1 aliphatic carbocycles. The number of hydrogen-bond acceptors (Lipinski definition) is 2. The van der Waals surface area contributed by atoms with Crippen molar-refractivity contribution < 1.29 is 13.6 Å². The molecule has 126 valence electrons. The van der Waals surface area contributed by atoms with Crippen LogP contribution < -0.4 is 5.32 Å². The van der Waals surface area contributed by atoms with E-state index in [2.05, 4.69) is 10.3 Å². The summed E-state index contributed by atoms with van der Waals surface area (Å²) in [6.07, 6.45) is 3.76. The van der Waals surface area contributed by atoms with Crippen LogP contribution in [0.2, 0.25) is 0 Å². The van der Waals surface area contributed by atoms with E-state index in [-0.39, 0.29) is 29.5 Å². The van der Waals surface area contributed by atoms with Crippen LogP contribution in [0, 0.1) is 11.6 Å². The summed E-state index contributed by atoms with van der Waals surface area (Å²) in [6.45, 7) is 0. The van der Waals surface area contributed by atoms with Gasteiger partial charge < -0.3 is 5.32 Å². The summed E-state index contributed by atoms with van der Waals surface area (Å²) in [7, 11) is 0. The Balaban J connectivity index is 1.48. The molecular formula is C19H15F2N3O. The van der Waals surface area contributed by atoms with Crippen LogP contribution in [0.5, 0.6) is 0 Å².